The Bertz CT molecular complexity index is 574. The quantitative estimate of drug-likeness (QED) is 0.655. The highest BCUT2D eigenvalue weighted by Gasteiger charge is 2.29. The average molecular weight is 291 g/mol. The average Bonchev–Trinajstić information content (AvgIpc) is 2.46. The maximum Gasteiger partial charge on any atom is 0.198 e. The molecule has 0 aliphatic carbocycles. The van der Waals surface area contributed by atoms with Crippen LogP contribution < -0.4 is 10.2 Å². The molecule has 0 saturated heterocycles. The molecule has 0 saturated carbocycles. The maximum atomic E-state index is 12.3. The van der Waals surface area contributed by atoms with E-state index in [1.54, 1.807) is 24.4 Å². The number of quaternary nitrogens is 1. The zero-order valence-corrected chi connectivity index (χ0v) is 12.2. The van der Waals surface area contributed by atoms with Gasteiger partial charge in [-0.1, -0.05) is 48.5 Å². The van der Waals surface area contributed by atoms with Crippen LogP contribution in [0.3, 0.4) is 0 Å². The van der Waals surface area contributed by atoms with Crippen LogP contribution in [-0.2, 0) is 9.09 Å². The molecule has 0 bridgehead atoms. The van der Waals surface area contributed by atoms with Crippen molar-refractivity contribution in [2.24, 2.45) is 0 Å². The normalized spacial score (nSPS) is 15.5. The van der Waals surface area contributed by atoms with Gasteiger partial charge >= 0.3 is 0 Å². The third-order valence-electron chi connectivity index (χ3n) is 2.94. The van der Waals surface area contributed by atoms with E-state index in [0.29, 0.717) is 5.56 Å². The third kappa shape index (κ3) is 3.78. The second-order valence-electron chi connectivity index (χ2n) is 4.39. The first kappa shape index (κ1) is 14.9. The van der Waals surface area contributed by atoms with Gasteiger partial charge in [0.2, 0.25) is 0 Å². The number of hydrogen-bond acceptors (Lipinski definition) is 3. The van der Waals surface area contributed by atoms with Crippen LogP contribution in [0.15, 0.2) is 60.7 Å². The fraction of sp³-hybridized carbons (Fsp3) is 0.200. The van der Waals surface area contributed by atoms with Crippen molar-refractivity contribution in [3.8, 4) is 0 Å². The molecule has 2 rings (SSSR count). The van der Waals surface area contributed by atoms with Crippen molar-refractivity contribution >= 4 is 13.3 Å². The molecule has 0 radical (unpaired) electrons. The summed E-state index contributed by atoms with van der Waals surface area (Å²) in [6, 6.07) is 18.5. The monoisotopic (exact) mass is 291 g/mol. The number of benzene rings is 2. The van der Waals surface area contributed by atoms with Gasteiger partial charge in [0.25, 0.3) is 0 Å². The van der Waals surface area contributed by atoms with E-state index in [-0.39, 0.29) is 6.61 Å². The molecule has 0 aliphatic rings. The van der Waals surface area contributed by atoms with E-state index in [4.69, 9.17) is 4.52 Å². The number of hydrogen-bond donors (Lipinski definition) is 1. The molecule has 0 heterocycles. The standard InChI is InChI=1S/C15H18NO3P/c1-2-19-20(17,18)15(13-9-5-3-6-10-13)16-14-11-7-4-8-12-14/h3-12,15-16H,2H2,1H3,(H,17,18). The van der Waals surface area contributed by atoms with E-state index in [1.165, 1.54) is 0 Å². The van der Waals surface area contributed by atoms with Gasteiger partial charge in [0.1, 0.15) is 5.69 Å². The summed E-state index contributed by atoms with van der Waals surface area (Å²) in [7, 11) is -4.00. The molecular weight excluding hydrogens is 273 g/mol. The van der Waals surface area contributed by atoms with Gasteiger partial charge in [0.15, 0.2) is 13.4 Å². The summed E-state index contributed by atoms with van der Waals surface area (Å²) in [5.41, 5.74) is 1.57. The van der Waals surface area contributed by atoms with Gasteiger partial charge in [-0.25, -0.2) is 0 Å². The summed E-state index contributed by atoms with van der Waals surface area (Å²) in [5, 5.41) is 1.72. The van der Waals surface area contributed by atoms with Crippen molar-refractivity contribution in [1.82, 2.24) is 0 Å². The van der Waals surface area contributed by atoms with Crippen LogP contribution >= 0.6 is 7.60 Å². The lowest BCUT2D eigenvalue weighted by atomic mass is 10.2. The molecule has 2 aromatic rings. The molecule has 5 heteroatoms. The molecule has 4 nitrogen and oxygen atoms in total. The van der Waals surface area contributed by atoms with Gasteiger partial charge < -0.3 is 19.3 Å². The fourth-order valence-corrected chi connectivity index (χ4v) is 3.44. The molecule has 0 aromatic heterocycles. The van der Waals surface area contributed by atoms with E-state index in [1.807, 2.05) is 48.5 Å². The lowest BCUT2D eigenvalue weighted by molar-refractivity contribution is -0.601. The topological polar surface area (TPSA) is 66.0 Å². The van der Waals surface area contributed by atoms with Crippen LogP contribution in [0.5, 0.6) is 0 Å². The predicted molar refractivity (Wildman–Crippen MR) is 76.4 cm³/mol. The van der Waals surface area contributed by atoms with E-state index >= 15 is 0 Å². The molecule has 2 N–H and O–H groups in total. The van der Waals surface area contributed by atoms with Gasteiger partial charge in [-0.2, -0.15) is 0 Å². The van der Waals surface area contributed by atoms with E-state index in [0.717, 1.165) is 5.69 Å². The Hall–Kier alpha value is -1.45. The van der Waals surface area contributed by atoms with Gasteiger partial charge in [0, 0.05) is 5.56 Å². The minimum absolute atomic E-state index is 0.146. The molecule has 0 amide bonds. The van der Waals surface area contributed by atoms with Gasteiger partial charge in [-0.15, -0.1) is 0 Å². The Morgan fingerprint density at radius 1 is 1.10 bits per heavy atom. The van der Waals surface area contributed by atoms with Crippen LogP contribution in [0.4, 0.5) is 5.69 Å². The minimum Gasteiger partial charge on any atom is -0.774 e. The molecule has 0 fully saturated rings. The lowest BCUT2D eigenvalue weighted by Gasteiger charge is -2.29. The SMILES string of the molecule is CCOP(=O)([O-])C([NH2+]c1ccccc1)c1ccccc1. The molecule has 20 heavy (non-hydrogen) atoms. The summed E-state index contributed by atoms with van der Waals surface area (Å²) in [6.45, 7) is 1.82. The fourth-order valence-electron chi connectivity index (χ4n) is 2.03. The lowest BCUT2D eigenvalue weighted by Crippen LogP contribution is -2.79. The summed E-state index contributed by atoms with van der Waals surface area (Å²) in [5.74, 6) is -0.772. The largest absolute Gasteiger partial charge is 0.774 e. The number of nitrogens with two attached hydrogens (primary N) is 1. The zero-order valence-electron chi connectivity index (χ0n) is 11.3. The Balaban J connectivity index is 2.32. The summed E-state index contributed by atoms with van der Waals surface area (Å²) in [4.78, 5) is 12.3. The molecular formula is C15H18NO3P. The zero-order chi connectivity index (χ0) is 14.4. The Kier molecular flexibility index (Phi) is 5.10. The van der Waals surface area contributed by atoms with E-state index in [9.17, 15) is 9.46 Å². The third-order valence-corrected chi connectivity index (χ3v) is 4.69. The van der Waals surface area contributed by atoms with Gasteiger partial charge in [0.05, 0.1) is 6.61 Å². The van der Waals surface area contributed by atoms with Crippen LogP contribution in [0.25, 0.3) is 0 Å². The molecule has 0 aliphatic heterocycles. The Morgan fingerprint density at radius 2 is 1.65 bits per heavy atom. The molecule has 2 unspecified atom stereocenters. The maximum absolute atomic E-state index is 12.3. The van der Waals surface area contributed by atoms with Crippen LogP contribution in [0.2, 0.25) is 0 Å². The van der Waals surface area contributed by atoms with Gasteiger partial charge in [-0.05, 0) is 19.1 Å². The van der Waals surface area contributed by atoms with Crippen molar-refractivity contribution < 1.29 is 19.3 Å². The summed E-state index contributed by atoms with van der Waals surface area (Å²) >= 11 is 0. The van der Waals surface area contributed by atoms with Crippen LogP contribution in [0.1, 0.15) is 18.3 Å². The van der Waals surface area contributed by atoms with Crippen molar-refractivity contribution in [3.05, 3.63) is 66.2 Å². The first-order chi connectivity index (χ1) is 9.63. The molecule has 2 atom stereocenters. The Morgan fingerprint density at radius 3 is 2.20 bits per heavy atom. The van der Waals surface area contributed by atoms with Gasteiger partial charge in [-0.3, -0.25) is 0 Å². The summed E-state index contributed by atoms with van der Waals surface area (Å²) in [6.07, 6.45) is 0. The van der Waals surface area contributed by atoms with E-state index < -0.39 is 13.4 Å². The first-order valence-electron chi connectivity index (χ1n) is 6.53. The number of rotatable bonds is 6. The Labute approximate surface area is 119 Å². The van der Waals surface area contributed by atoms with Crippen molar-refractivity contribution in [3.63, 3.8) is 0 Å². The van der Waals surface area contributed by atoms with Crippen molar-refractivity contribution in [1.29, 1.82) is 0 Å². The first-order valence-corrected chi connectivity index (χ1v) is 8.15. The minimum atomic E-state index is -4.00. The molecule has 2 aromatic carbocycles. The van der Waals surface area contributed by atoms with E-state index in [2.05, 4.69) is 0 Å². The number of para-hydroxylation sites is 1. The van der Waals surface area contributed by atoms with Crippen LogP contribution in [-0.4, -0.2) is 6.61 Å². The molecule has 0 spiro atoms. The van der Waals surface area contributed by atoms with Crippen molar-refractivity contribution in [2.45, 2.75) is 12.7 Å². The predicted octanol–water partition coefficient (Wildman–Crippen LogP) is 2.17. The smallest absolute Gasteiger partial charge is 0.198 e. The highest BCUT2D eigenvalue weighted by molar-refractivity contribution is 7.51. The van der Waals surface area contributed by atoms with Crippen molar-refractivity contribution in [2.75, 3.05) is 6.61 Å². The summed E-state index contributed by atoms with van der Waals surface area (Å²) < 4.78 is 17.3. The van der Waals surface area contributed by atoms with Crippen LogP contribution in [0, 0.1) is 0 Å². The molecule has 106 valence electrons. The second-order valence-corrected chi connectivity index (χ2v) is 6.28. The second kappa shape index (κ2) is 6.82. The highest BCUT2D eigenvalue weighted by atomic mass is 31.2. The highest BCUT2D eigenvalue weighted by Crippen LogP contribution is 2.48.